The van der Waals surface area contributed by atoms with Crippen LogP contribution in [-0.2, 0) is 4.79 Å². The Labute approximate surface area is 135 Å². The van der Waals surface area contributed by atoms with Gasteiger partial charge in [-0.05, 0) is 40.6 Å². The van der Waals surface area contributed by atoms with Crippen molar-refractivity contribution in [2.45, 2.75) is 6.92 Å². The Kier molecular flexibility index (Phi) is 5.06. The van der Waals surface area contributed by atoms with Gasteiger partial charge in [-0.15, -0.1) is 0 Å². The average Bonchev–Trinajstić information content (AvgIpc) is 2.50. The number of carbonyl (C=O) groups is 1. The summed E-state index contributed by atoms with van der Waals surface area (Å²) in [6, 6.07) is 13.7. The Morgan fingerprint density at radius 1 is 1.23 bits per heavy atom. The van der Waals surface area contributed by atoms with Gasteiger partial charge in [0.05, 0.1) is 10.6 Å². The van der Waals surface area contributed by atoms with Gasteiger partial charge in [0.25, 0.3) is 11.6 Å². The third-order valence-corrected chi connectivity index (χ3v) is 3.61. The predicted octanol–water partition coefficient (Wildman–Crippen LogP) is 4.40. The van der Waals surface area contributed by atoms with Crippen LogP contribution in [0.3, 0.4) is 0 Å². The molecule has 0 saturated carbocycles. The number of hydrogen-bond acceptors (Lipinski definition) is 3. The Hall–Kier alpha value is -2.47. The van der Waals surface area contributed by atoms with E-state index < -0.39 is 4.92 Å². The van der Waals surface area contributed by atoms with Crippen LogP contribution in [0.5, 0.6) is 0 Å². The van der Waals surface area contributed by atoms with Gasteiger partial charge in [-0.2, -0.15) is 0 Å². The maximum Gasteiger partial charge on any atom is 0.270 e. The Morgan fingerprint density at radius 3 is 2.50 bits per heavy atom. The number of nitrogens with one attached hydrogen (secondary N) is 1. The third-order valence-electron chi connectivity index (χ3n) is 2.95. The molecule has 0 bridgehead atoms. The van der Waals surface area contributed by atoms with Gasteiger partial charge in [0, 0.05) is 22.2 Å². The van der Waals surface area contributed by atoms with Crippen LogP contribution in [0.15, 0.2) is 58.6 Å². The van der Waals surface area contributed by atoms with Crippen LogP contribution in [-0.4, -0.2) is 10.8 Å². The first-order valence-electron chi connectivity index (χ1n) is 6.46. The summed E-state index contributed by atoms with van der Waals surface area (Å²) < 4.78 is 0.461. The number of amides is 1. The normalized spacial score (nSPS) is 11.1. The van der Waals surface area contributed by atoms with Crippen molar-refractivity contribution in [3.05, 3.63) is 74.3 Å². The van der Waals surface area contributed by atoms with Crippen molar-refractivity contribution in [3.8, 4) is 0 Å². The first kappa shape index (κ1) is 15.9. The standard InChI is InChI=1S/C16H13BrN2O3/c1-11(9-12-5-3-2-4-6-12)16(20)18-15-8-7-13(19(21)22)10-14(15)17/h2-10H,1H3,(H,18,20). The molecule has 112 valence electrons. The molecule has 1 N–H and O–H groups in total. The summed E-state index contributed by atoms with van der Waals surface area (Å²) in [7, 11) is 0. The highest BCUT2D eigenvalue weighted by molar-refractivity contribution is 9.10. The zero-order valence-electron chi connectivity index (χ0n) is 11.7. The second-order valence-electron chi connectivity index (χ2n) is 4.61. The molecule has 0 saturated heterocycles. The maximum atomic E-state index is 12.2. The number of nitro groups is 1. The summed E-state index contributed by atoms with van der Waals surface area (Å²) in [4.78, 5) is 22.4. The molecule has 0 aliphatic carbocycles. The Bertz CT molecular complexity index is 742. The fourth-order valence-corrected chi connectivity index (χ4v) is 2.27. The van der Waals surface area contributed by atoms with E-state index in [0.717, 1.165) is 5.56 Å². The number of carbonyl (C=O) groups excluding carboxylic acids is 1. The molecule has 0 fully saturated rings. The highest BCUT2D eigenvalue weighted by Gasteiger charge is 2.12. The SMILES string of the molecule is CC(=Cc1ccccc1)C(=O)Nc1ccc([N+](=O)[O-])cc1Br. The number of nitro benzene ring substituents is 1. The largest absolute Gasteiger partial charge is 0.321 e. The topological polar surface area (TPSA) is 72.2 Å². The number of hydrogen-bond donors (Lipinski definition) is 1. The molecule has 2 aromatic carbocycles. The zero-order chi connectivity index (χ0) is 16.1. The van der Waals surface area contributed by atoms with E-state index in [0.29, 0.717) is 15.7 Å². The van der Waals surface area contributed by atoms with E-state index in [1.807, 2.05) is 30.3 Å². The lowest BCUT2D eigenvalue weighted by Crippen LogP contribution is -2.13. The molecule has 2 rings (SSSR count). The fraction of sp³-hybridized carbons (Fsp3) is 0.0625. The van der Waals surface area contributed by atoms with E-state index in [1.54, 1.807) is 13.0 Å². The van der Waals surface area contributed by atoms with Crippen molar-refractivity contribution >= 4 is 39.3 Å². The summed E-state index contributed by atoms with van der Waals surface area (Å²) in [6.07, 6.45) is 1.77. The van der Waals surface area contributed by atoms with E-state index in [2.05, 4.69) is 21.2 Å². The van der Waals surface area contributed by atoms with Crippen molar-refractivity contribution < 1.29 is 9.72 Å². The molecule has 5 nitrogen and oxygen atoms in total. The number of nitrogens with zero attached hydrogens (tertiary/aromatic N) is 1. The first-order chi connectivity index (χ1) is 10.5. The second-order valence-corrected chi connectivity index (χ2v) is 5.47. The van der Waals surface area contributed by atoms with Crippen LogP contribution in [0.2, 0.25) is 0 Å². The molecule has 1 amide bonds. The molecule has 2 aromatic rings. The Balaban J connectivity index is 2.15. The van der Waals surface area contributed by atoms with Crippen molar-refractivity contribution in [2.24, 2.45) is 0 Å². The molecule has 0 aromatic heterocycles. The van der Waals surface area contributed by atoms with Crippen LogP contribution in [0.1, 0.15) is 12.5 Å². The molecule has 0 atom stereocenters. The monoisotopic (exact) mass is 360 g/mol. The molecule has 0 aliphatic rings. The summed E-state index contributed by atoms with van der Waals surface area (Å²) in [6.45, 7) is 1.71. The number of rotatable bonds is 4. The van der Waals surface area contributed by atoms with Gasteiger partial charge in [-0.25, -0.2) is 0 Å². The van der Waals surface area contributed by atoms with Gasteiger partial charge in [0.2, 0.25) is 0 Å². The second kappa shape index (κ2) is 7.00. The van der Waals surface area contributed by atoms with Crippen molar-refractivity contribution in [2.75, 3.05) is 5.32 Å². The van der Waals surface area contributed by atoms with E-state index in [-0.39, 0.29) is 11.6 Å². The predicted molar refractivity (Wildman–Crippen MR) is 89.5 cm³/mol. The van der Waals surface area contributed by atoms with Crippen LogP contribution in [0.4, 0.5) is 11.4 Å². The van der Waals surface area contributed by atoms with E-state index in [4.69, 9.17) is 0 Å². The molecule has 0 heterocycles. The maximum absolute atomic E-state index is 12.2. The molecule has 0 aliphatic heterocycles. The van der Waals surface area contributed by atoms with Crippen LogP contribution < -0.4 is 5.32 Å². The molecule has 0 radical (unpaired) electrons. The van der Waals surface area contributed by atoms with Gasteiger partial charge in [0.1, 0.15) is 0 Å². The van der Waals surface area contributed by atoms with Gasteiger partial charge in [0.15, 0.2) is 0 Å². The summed E-state index contributed by atoms with van der Waals surface area (Å²) in [5, 5.41) is 13.4. The number of non-ortho nitro benzene ring substituents is 1. The Morgan fingerprint density at radius 2 is 1.91 bits per heavy atom. The van der Waals surface area contributed by atoms with Crippen molar-refractivity contribution in [1.29, 1.82) is 0 Å². The summed E-state index contributed by atoms with van der Waals surface area (Å²) in [5.41, 5.74) is 1.91. The van der Waals surface area contributed by atoms with Gasteiger partial charge in [-0.3, -0.25) is 14.9 Å². The molecule has 6 heteroatoms. The average molecular weight is 361 g/mol. The van der Waals surface area contributed by atoms with E-state index >= 15 is 0 Å². The lowest BCUT2D eigenvalue weighted by molar-refractivity contribution is -0.384. The van der Waals surface area contributed by atoms with Gasteiger partial charge >= 0.3 is 0 Å². The van der Waals surface area contributed by atoms with E-state index in [9.17, 15) is 14.9 Å². The number of halogens is 1. The molecular weight excluding hydrogens is 348 g/mol. The molecule has 22 heavy (non-hydrogen) atoms. The van der Waals surface area contributed by atoms with Crippen LogP contribution in [0, 0.1) is 10.1 Å². The molecular formula is C16H13BrN2O3. The van der Waals surface area contributed by atoms with Gasteiger partial charge < -0.3 is 5.32 Å². The fourth-order valence-electron chi connectivity index (χ4n) is 1.80. The minimum absolute atomic E-state index is 0.0403. The van der Waals surface area contributed by atoms with Crippen LogP contribution in [0.25, 0.3) is 6.08 Å². The quantitative estimate of drug-likeness (QED) is 0.498. The number of benzene rings is 2. The summed E-state index contributed by atoms with van der Waals surface area (Å²) >= 11 is 3.22. The van der Waals surface area contributed by atoms with E-state index in [1.165, 1.54) is 18.2 Å². The lowest BCUT2D eigenvalue weighted by atomic mass is 10.1. The van der Waals surface area contributed by atoms with Crippen molar-refractivity contribution in [1.82, 2.24) is 0 Å². The third kappa shape index (κ3) is 4.02. The van der Waals surface area contributed by atoms with Crippen molar-refractivity contribution in [3.63, 3.8) is 0 Å². The summed E-state index contributed by atoms with van der Waals surface area (Å²) in [5.74, 6) is -0.265. The zero-order valence-corrected chi connectivity index (χ0v) is 13.3. The smallest absolute Gasteiger partial charge is 0.270 e. The molecule has 0 spiro atoms. The van der Waals surface area contributed by atoms with Crippen LogP contribution >= 0.6 is 15.9 Å². The van der Waals surface area contributed by atoms with Gasteiger partial charge in [-0.1, -0.05) is 30.3 Å². The lowest BCUT2D eigenvalue weighted by Gasteiger charge is -2.07. The first-order valence-corrected chi connectivity index (χ1v) is 7.25. The minimum Gasteiger partial charge on any atom is -0.321 e. The highest BCUT2D eigenvalue weighted by atomic mass is 79.9. The minimum atomic E-state index is -0.489. The highest BCUT2D eigenvalue weighted by Crippen LogP contribution is 2.27. The molecule has 0 unspecified atom stereocenters. The number of anilines is 1.